The lowest BCUT2D eigenvalue weighted by atomic mass is 9.72. The maximum absolute atomic E-state index is 13.3. The van der Waals surface area contributed by atoms with Gasteiger partial charge in [0.05, 0.1) is 11.7 Å². The summed E-state index contributed by atoms with van der Waals surface area (Å²) in [5, 5.41) is 22.5. The van der Waals surface area contributed by atoms with E-state index in [2.05, 4.69) is 0 Å². The third-order valence-electron chi connectivity index (χ3n) is 7.89. The first kappa shape index (κ1) is 25.9. The number of benzene rings is 1. The Bertz CT molecular complexity index is 981. The molecule has 35 heavy (non-hydrogen) atoms. The molecule has 0 unspecified atom stereocenters. The van der Waals surface area contributed by atoms with Gasteiger partial charge in [-0.25, -0.2) is 0 Å². The number of rotatable bonds is 9. The number of nitrogens with zero attached hydrogens (tertiary/aromatic N) is 1. The standard InChI is InChI=1S/C28H40N2O5/c1-19-11-12-26(35-19)22-9-3-4-10-23(22)28(33,13-5-6-15-34-2)21-8-7-14-30(18-21)27(32)20-16-24(29)25(31)17-20/h3-4,9-12,20-21,24-25,31,33H,5-8,13-18,29H2,1-2H3/t20-,21+,24+,25-,28-/m0/s1. The van der Waals surface area contributed by atoms with Crippen LogP contribution in [0, 0.1) is 18.8 Å². The normalized spacial score (nSPS) is 26.6. The predicted octanol–water partition coefficient (Wildman–Crippen LogP) is 3.60. The lowest BCUT2D eigenvalue weighted by Gasteiger charge is -2.44. The van der Waals surface area contributed by atoms with Gasteiger partial charge in [-0.1, -0.05) is 24.3 Å². The van der Waals surface area contributed by atoms with Gasteiger partial charge in [0.2, 0.25) is 5.91 Å². The minimum atomic E-state index is -1.12. The minimum absolute atomic E-state index is 0.0541. The first-order valence-electron chi connectivity index (χ1n) is 12.9. The van der Waals surface area contributed by atoms with E-state index in [4.69, 9.17) is 14.9 Å². The molecule has 0 spiro atoms. The Balaban J connectivity index is 1.62. The second-order valence-electron chi connectivity index (χ2n) is 10.4. The molecule has 1 amide bonds. The van der Waals surface area contributed by atoms with E-state index in [-0.39, 0.29) is 23.8 Å². The van der Waals surface area contributed by atoms with Gasteiger partial charge in [0.25, 0.3) is 0 Å². The molecule has 4 rings (SSSR count). The first-order valence-corrected chi connectivity index (χ1v) is 12.9. The van der Waals surface area contributed by atoms with Crippen molar-refractivity contribution in [3.63, 3.8) is 0 Å². The number of carbonyl (C=O) groups excluding carboxylic acids is 1. The van der Waals surface area contributed by atoms with Crippen LogP contribution in [0.15, 0.2) is 40.8 Å². The average Bonchev–Trinajstić information content (AvgIpc) is 3.46. The second kappa shape index (κ2) is 11.2. The van der Waals surface area contributed by atoms with Gasteiger partial charge >= 0.3 is 0 Å². The summed E-state index contributed by atoms with van der Waals surface area (Å²) in [6.45, 7) is 3.73. The van der Waals surface area contributed by atoms with Crippen LogP contribution in [0.25, 0.3) is 11.3 Å². The van der Waals surface area contributed by atoms with Crippen molar-refractivity contribution in [2.75, 3.05) is 26.8 Å². The van der Waals surface area contributed by atoms with E-state index >= 15 is 0 Å². The molecule has 1 aromatic carbocycles. The number of unbranched alkanes of at least 4 members (excludes halogenated alkanes) is 1. The van der Waals surface area contributed by atoms with E-state index in [1.54, 1.807) is 7.11 Å². The van der Waals surface area contributed by atoms with Crippen molar-refractivity contribution in [2.24, 2.45) is 17.6 Å². The predicted molar refractivity (Wildman–Crippen MR) is 135 cm³/mol. The molecule has 7 heteroatoms. The highest BCUT2D eigenvalue weighted by atomic mass is 16.5. The van der Waals surface area contributed by atoms with Crippen LogP contribution < -0.4 is 5.73 Å². The molecule has 2 aliphatic rings. The number of aliphatic hydroxyl groups excluding tert-OH is 1. The number of piperidine rings is 1. The van der Waals surface area contributed by atoms with Crippen LogP contribution in [-0.2, 0) is 15.1 Å². The Morgan fingerprint density at radius 1 is 1.23 bits per heavy atom. The molecule has 1 aliphatic heterocycles. The third-order valence-corrected chi connectivity index (χ3v) is 7.89. The number of aryl methyl sites for hydroxylation is 1. The van der Waals surface area contributed by atoms with Gasteiger partial charge in [-0.15, -0.1) is 0 Å². The van der Waals surface area contributed by atoms with Crippen LogP contribution in [0.5, 0.6) is 0 Å². The van der Waals surface area contributed by atoms with Crippen LogP contribution in [0.4, 0.5) is 0 Å². The maximum atomic E-state index is 13.3. The molecule has 2 fully saturated rings. The summed E-state index contributed by atoms with van der Waals surface area (Å²) >= 11 is 0. The van der Waals surface area contributed by atoms with E-state index in [1.807, 2.05) is 48.2 Å². The Kier molecular flexibility index (Phi) is 8.32. The van der Waals surface area contributed by atoms with Gasteiger partial charge in [0, 0.05) is 50.2 Å². The summed E-state index contributed by atoms with van der Waals surface area (Å²) < 4.78 is 11.2. The molecule has 0 radical (unpaired) electrons. The zero-order valence-electron chi connectivity index (χ0n) is 21.0. The highest BCUT2D eigenvalue weighted by molar-refractivity contribution is 5.79. The SMILES string of the molecule is COCCCC[C@@](O)(c1ccccc1-c1ccc(C)o1)[C@@H]1CCCN(C(=O)[C@H]2C[C@@H](N)[C@@H](O)C2)C1. The van der Waals surface area contributed by atoms with Crippen molar-refractivity contribution in [2.45, 2.75) is 69.6 Å². The molecule has 0 bridgehead atoms. The van der Waals surface area contributed by atoms with Crippen molar-refractivity contribution in [1.29, 1.82) is 0 Å². The fourth-order valence-electron chi connectivity index (χ4n) is 5.93. The van der Waals surface area contributed by atoms with Crippen molar-refractivity contribution >= 4 is 5.91 Å². The number of amides is 1. The molecule has 1 aliphatic carbocycles. The topological polar surface area (TPSA) is 109 Å². The summed E-state index contributed by atoms with van der Waals surface area (Å²) in [6.07, 6.45) is 4.23. The average molecular weight is 485 g/mol. The van der Waals surface area contributed by atoms with Gasteiger partial charge in [-0.3, -0.25) is 4.79 Å². The van der Waals surface area contributed by atoms with Crippen molar-refractivity contribution in [3.05, 3.63) is 47.7 Å². The van der Waals surface area contributed by atoms with Crippen LogP contribution >= 0.6 is 0 Å². The molecule has 1 saturated carbocycles. The van der Waals surface area contributed by atoms with Crippen molar-refractivity contribution in [3.8, 4) is 11.3 Å². The number of likely N-dealkylation sites (tertiary alicyclic amines) is 1. The number of methoxy groups -OCH3 is 1. The van der Waals surface area contributed by atoms with E-state index in [9.17, 15) is 15.0 Å². The Morgan fingerprint density at radius 2 is 2.03 bits per heavy atom. The number of nitrogens with two attached hydrogens (primary N) is 1. The van der Waals surface area contributed by atoms with Gasteiger partial charge in [0.15, 0.2) is 0 Å². The molecule has 5 atom stereocenters. The van der Waals surface area contributed by atoms with E-state index in [0.717, 1.165) is 48.3 Å². The zero-order chi connectivity index (χ0) is 25.0. The summed E-state index contributed by atoms with van der Waals surface area (Å²) in [5.41, 5.74) is 6.61. The molecule has 2 heterocycles. The number of aliphatic hydroxyl groups is 2. The van der Waals surface area contributed by atoms with Crippen LogP contribution in [-0.4, -0.2) is 60.0 Å². The van der Waals surface area contributed by atoms with Gasteiger partial charge in [0.1, 0.15) is 11.5 Å². The summed E-state index contributed by atoms with van der Waals surface area (Å²) in [7, 11) is 1.69. The Morgan fingerprint density at radius 3 is 2.71 bits per heavy atom. The van der Waals surface area contributed by atoms with E-state index < -0.39 is 11.7 Å². The lowest BCUT2D eigenvalue weighted by Crippen LogP contribution is -2.49. The largest absolute Gasteiger partial charge is 0.461 e. The maximum Gasteiger partial charge on any atom is 0.225 e. The van der Waals surface area contributed by atoms with Crippen molar-refractivity contribution < 1.29 is 24.2 Å². The molecule has 192 valence electrons. The lowest BCUT2D eigenvalue weighted by molar-refractivity contribution is -0.141. The molecule has 4 N–H and O–H groups in total. The zero-order valence-corrected chi connectivity index (χ0v) is 21.0. The van der Waals surface area contributed by atoms with Crippen LogP contribution in [0.3, 0.4) is 0 Å². The summed E-state index contributed by atoms with van der Waals surface area (Å²) in [4.78, 5) is 15.2. The van der Waals surface area contributed by atoms with E-state index in [1.165, 1.54) is 0 Å². The smallest absolute Gasteiger partial charge is 0.225 e. The highest BCUT2D eigenvalue weighted by Gasteiger charge is 2.44. The van der Waals surface area contributed by atoms with Gasteiger partial charge in [-0.2, -0.15) is 0 Å². The molecule has 1 aromatic heterocycles. The van der Waals surface area contributed by atoms with Gasteiger partial charge < -0.3 is 30.0 Å². The fourth-order valence-corrected chi connectivity index (χ4v) is 5.93. The molecular formula is C28H40N2O5. The monoisotopic (exact) mass is 484 g/mol. The Hall–Kier alpha value is -2.19. The number of carbonyl (C=O) groups is 1. The number of hydrogen-bond donors (Lipinski definition) is 3. The number of hydrogen-bond acceptors (Lipinski definition) is 6. The molecule has 1 saturated heterocycles. The fraction of sp³-hybridized carbons (Fsp3) is 0.607. The van der Waals surface area contributed by atoms with Crippen molar-refractivity contribution in [1.82, 2.24) is 4.90 Å². The number of ether oxygens (including phenoxy) is 1. The minimum Gasteiger partial charge on any atom is -0.461 e. The van der Waals surface area contributed by atoms with Crippen LogP contribution in [0.1, 0.15) is 56.3 Å². The third kappa shape index (κ3) is 5.64. The summed E-state index contributed by atoms with van der Waals surface area (Å²) in [5.74, 6) is 1.26. The quantitative estimate of drug-likeness (QED) is 0.469. The molecular weight excluding hydrogens is 444 g/mol. The highest BCUT2D eigenvalue weighted by Crippen LogP contribution is 2.44. The van der Waals surface area contributed by atoms with E-state index in [0.29, 0.717) is 39.0 Å². The van der Waals surface area contributed by atoms with Gasteiger partial charge in [-0.05, 0) is 69.6 Å². The summed E-state index contributed by atoms with van der Waals surface area (Å²) in [6, 6.07) is 11.5. The molecule has 7 nitrogen and oxygen atoms in total. The second-order valence-corrected chi connectivity index (χ2v) is 10.4. The first-order chi connectivity index (χ1) is 16.8. The Labute approximate surface area is 208 Å². The number of furan rings is 1. The molecule has 2 aromatic rings. The van der Waals surface area contributed by atoms with Crippen LogP contribution in [0.2, 0.25) is 0 Å².